The van der Waals surface area contributed by atoms with Gasteiger partial charge in [0.15, 0.2) is 16.9 Å². The van der Waals surface area contributed by atoms with Gasteiger partial charge in [-0.15, -0.1) is 0 Å². The molecule has 1 N–H and O–H groups in total. The predicted octanol–water partition coefficient (Wildman–Crippen LogP) is 6.51. The molecule has 0 saturated carbocycles. The first kappa shape index (κ1) is 25.0. The van der Waals surface area contributed by atoms with E-state index in [1.54, 1.807) is 19.1 Å². The molecule has 0 aliphatic heterocycles. The fourth-order valence-corrected chi connectivity index (χ4v) is 5.40. The van der Waals surface area contributed by atoms with Crippen LogP contribution in [0.15, 0.2) is 50.2 Å². The van der Waals surface area contributed by atoms with E-state index in [4.69, 9.17) is 14.1 Å². The highest BCUT2D eigenvalue weighted by Gasteiger charge is 2.22. The average Bonchev–Trinajstić information content (AvgIpc) is 3.25. The van der Waals surface area contributed by atoms with Crippen LogP contribution in [0.2, 0.25) is 0 Å². The molecule has 0 saturated heterocycles. The van der Waals surface area contributed by atoms with Crippen LogP contribution >= 0.6 is 27.3 Å². The maximum Gasteiger partial charge on any atom is 0.358 e. The molecule has 0 unspecified atom stereocenters. The number of nitrogens with one attached hydrogen (secondary N) is 1. The number of carbonyl (C=O) groups excluding carboxylic acids is 1. The minimum Gasteiger partial charge on any atom is -0.464 e. The third kappa shape index (κ3) is 4.62. The lowest BCUT2D eigenvalue weighted by molar-refractivity contribution is 0.0595. The Hall–Kier alpha value is -3.63. The van der Waals surface area contributed by atoms with Crippen molar-refractivity contribution in [1.82, 2.24) is 15.0 Å². The van der Waals surface area contributed by atoms with Crippen molar-refractivity contribution in [3.05, 3.63) is 78.6 Å². The van der Waals surface area contributed by atoms with E-state index in [1.165, 1.54) is 18.4 Å². The summed E-state index contributed by atoms with van der Waals surface area (Å²) in [7, 11) is 1.31. The zero-order valence-electron chi connectivity index (χ0n) is 20.8. The molecule has 188 valence electrons. The fourth-order valence-electron chi connectivity index (χ4n) is 4.30. The standard InChI is InChI=1S/C27H23BrN4O4S/c1-12-10-16(14(3)29-18-8-9-21(28)32-22(18)27(34)35-5)25-17(11-12)23(33)13(2)24(36-25)19-6-7-20-26(31-19)37-15(4)30-20/h6-11,14,29H,1-5H3/t14-/m1/s1. The van der Waals surface area contributed by atoms with Gasteiger partial charge in [0.25, 0.3) is 0 Å². The molecule has 8 nitrogen and oxygen atoms in total. The third-order valence-electron chi connectivity index (χ3n) is 6.07. The second kappa shape index (κ2) is 9.68. The molecular formula is C27H23BrN4O4S. The van der Waals surface area contributed by atoms with Gasteiger partial charge in [0.1, 0.15) is 26.2 Å². The topological polar surface area (TPSA) is 107 Å². The quantitative estimate of drug-likeness (QED) is 0.186. The average molecular weight is 579 g/mol. The number of anilines is 1. The Kier molecular flexibility index (Phi) is 6.55. The van der Waals surface area contributed by atoms with Crippen LogP contribution in [-0.4, -0.2) is 28.0 Å². The number of fused-ring (bicyclic) bond motifs is 2. The molecule has 4 heterocycles. The number of esters is 1. The summed E-state index contributed by atoms with van der Waals surface area (Å²) in [4.78, 5) is 40.1. The Bertz CT molecular complexity index is 1760. The SMILES string of the molecule is COC(=O)c1nc(Br)ccc1N[C@H](C)c1cc(C)cc2c(=O)c(C)c(-c3ccc4nc(C)sc4n3)oc12. The van der Waals surface area contributed by atoms with Crippen LogP contribution in [0.1, 0.15) is 45.2 Å². The highest BCUT2D eigenvalue weighted by Crippen LogP contribution is 2.33. The maximum absolute atomic E-state index is 13.5. The first-order chi connectivity index (χ1) is 17.7. The van der Waals surface area contributed by atoms with Crippen LogP contribution in [0, 0.1) is 20.8 Å². The molecule has 0 radical (unpaired) electrons. The molecule has 4 aromatic heterocycles. The Morgan fingerprint density at radius 2 is 1.89 bits per heavy atom. The lowest BCUT2D eigenvalue weighted by Crippen LogP contribution is -2.15. The van der Waals surface area contributed by atoms with Crippen LogP contribution in [-0.2, 0) is 4.74 Å². The normalized spacial score (nSPS) is 12.2. The molecule has 0 bridgehead atoms. The molecule has 5 aromatic rings. The smallest absolute Gasteiger partial charge is 0.358 e. The van der Waals surface area contributed by atoms with E-state index < -0.39 is 5.97 Å². The van der Waals surface area contributed by atoms with E-state index in [-0.39, 0.29) is 17.2 Å². The summed E-state index contributed by atoms with van der Waals surface area (Å²) in [5.74, 6) is -0.141. The Labute approximate surface area is 224 Å². The lowest BCUT2D eigenvalue weighted by Gasteiger charge is -2.20. The van der Waals surface area contributed by atoms with E-state index in [0.717, 1.165) is 26.5 Å². The van der Waals surface area contributed by atoms with Gasteiger partial charge in [-0.3, -0.25) is 4.79 Å². The number of aromatic nitrogens is 3. The summed E-state index contributed by atoms with van der Waals surface area (Å²) in [6.45, 7) is 7.55. The van der Waals surface area contributed by atoms with Crippen molar-refractivity contribution in [2.75, 3.05) is 12.4 Å². The summed E-state index contributed by atoms with van der Waals surface area (Å²) in [6.07, 6.45) is 0. The number of thiazole rings is 1. The summed E-state index contributed by atoms with van der Waals surface area (Å²) in [5.41, 5.74) is 4.55. The van der Waals surface area contributed by atoms with Gasteiger partial charge in [0, 0.05) is 11.1 Å². The molecule has 1 aromatic carbocycles. The zero-order valence-corrected chi connectivity index (χ0v) is 23.2. The molecule has 1 atom stereocenters. The summed E-state index contributed by atoms with van der Waals surface area (Å²) < 4.78 is 11.9. The molecule has 10 heteroatoms. The Morgan fingerprint density at radius 3 is 2.65 bits per heavy atom. The number of benzene rings is 1. The van der Waals surface area contributed by atoms with Gasteiger partial charge in [0.2, 0.25) is 0 Å². The van der Waals surface area contributed by atoms with Gasteiger partial charge < -0.3 is 14.5 Å². The van der Waals surface area contributed by atoms with Crippen molar-refractivity contribution in [2.45, 2.75) is 33.7 Å². The highest BCUT2D eigenvalue weighted by molar-refractivity contribution is 9.10. The van der Waals surface area contributed by atoms with Gasteiger partial charge in [-0.05, 0) is 79.5 Å². The van der Waals surface area contributed by atoms with Gasteiger partial charge in [-0.1, -0.05) is 17.4 Å². The van der Waals surface area contributed by atoms with Crippen molar-refractivity contribution in [1.29, 1.82) is 0 Å². The number of nitrogens with zero attached hydrogens (tertiary/aromatic N) is 3. The number of hydrogen-bond donors (Lipinski definition) is 1. The minimum absolute atomic E-state index is 0.114. The monoisotopic (exact) mass is 578 g/mol. The number of rotatable bonds is 5. The van der Waals surface area contributed by atoms with Crippen molar-refractivity contribution in [3.8, 4) is 11.5 Å². The fraction of sp³-hybridized carbons (Fsp3) is 0.222. The number of aryl methyl sites for hydroxylation is 2. The van der Waals surface area contributed by atoms with Crippen molar-refractivity contribution < 1.29 is 13.9 Å². The van der Waals surface area contributed by atoms with Crippen molar-refractivity contribution >= 4 is 60.2 Å². The third-order valence-corrected chi connectivity index (χ3v) is 7.39. The van der Waals surface area contributed by atoms with Crippen LogP contribution in [0.5, 0.6) is 0 Å². The molecule has 0 aliphatic carbocycles. The second-order valence-corrected chi connectivity index (χ2v) is 10.8. The Morgan fingerprint density at radius 1 is 1.11 bits per heavy atom. The molecule has 37 heavy (non-hydrogen) atoms. The van der Waals surface area contributed by atoms with Crippen LogP contribution in [0.3, 0.4) is 0 Å². The highest BCUT2D eigenvalue weighted by atomic mass is 79.9. The summed E-state index contributed by atoms with van der Waals surface area (Å²) in [6, 6.07) is 10.7. The van der Waals surface area contributed by atoms with Gasteiger partial charge in [-0.25, -0.2) is 19.7 Å². The molecule has 0 spiro atoms. The summed E-state index contributed by atoms with van der Waals surface area (Å²) in [5, 5.41) is 4.75. The Balaban J connectivity index is 1.66. The van der Waals surface area contributed by atoms with E-state index in [2.05, 4.69) is 31.2 Å². The van der Waals surface area contributed by atoms with Crippen LogP contribution in [0.25, 0.3) is 32.8 Å². The number of hydrogen-bond acceptors (Lipinski definition) is 9. The molecule has 0 fully saturated rings. The number of ether oxygens (including phenoxy) is 1. The first-order valence-electron chi connectivity index (χ1n) is 11.5. The number of methoxy groups -OCH3 is 1. The maximum atomic E-state index is 13.5. The van der Waals surface area contributed by atoms with Crippen LogP contribution in [0.4, 0.5) is 5.69 Å². The number of halogens is 1. The second-order valence-electron chi connectivity index (χ2n) is 8.76. The van der Waals surface area contributed by atoms with Crippen LogP contribution < -0.4 is 10.7 Å². The molecule has 5 rings (SSSR count). The van der Waals surface area contributed by atoms with Gasteiger partial charge in [-0.2, -0.15) is 0 Å². The van der Waals surface area contributed by atoms with Crippen molar-refractivity contribution in [2.24, 2.45) is 0 Å². The number of carbonyl (C=O) groups is 1. The molecule has 0 aliphatic rings. The van der Waals surface area contributed by atoms with Crippen molar-refractivity contribution in [3.63, 3.8) is 0 Å². The summed E-state index contributed by atoms with van der Waals surface area (Å²) >= 11 is 4.80. The lowest BCUT2D eigenvalue weighted by atomic mass is 9.99. The van der Waals surface area contributed by atoms with Gasteiger partial charge >= 0.3 is 5.97 Å². The van der Waals surface area contributed by atoms with Gasteiger partial charge in [0.05, 0.1) is 29.2 Å². The predicted molar refractivity (Wildman–Crippen MR) is 148 cm³/mol. The number of pyridine rings is 2. The zero-order chi connectivity index (χ0) is 26.4. The minimum atomic E-state index is -0.561. The van der Waals surface area contributed by atoms with E-state index in [9.17, 15) is 9.59 Å². The largest absolute Gasteiger partial charge is 0.464 e. The van der Waals surface area contributed by atoms with E-state index in [1.807, 2.05) is 45.0 Å². The van der Waals surface area contributed by atoms with E-state index >= 15 is 0 Å². The first-order valence-corrected chi connectivity index (χ1v) is 13.1. The van der Waals surface area contributed by atoms with E-state index in [0.29, 0.717) is 38.3 Å². The molecular weight excluding hydrogens is 556 g/mol. The molecule has 0 amide bonds.